The Balaban J connectivity index is 1.85. The van der Waals surface area contributed by atoms with E-state index in [9.17, 15) is 9.82 Å². The van der Waals surface area contributed by atoms with Crippen molar-refractivity contribution in [3.05, 3.63) is 44.2 Å². The van der Waals surface area contributed by atoms with E-state index in [0.717, 1.165) is 5.56 Å². The van der Waals surface area contributed by atoms with Crippen molar-refractivity contribution in [2.45, 2.75) is 6.61 Å². The Hall–Kier alpha value is -1.23. The third kappa shape index (κ3) is 3.03. The maximum Gasteiger partial charge on any atom is 0.491 e. The summed E-state index contributed by atoms with van der Waals surface area (Å²) in [6.45, 7) is 0.364. The number of carbonyl (C=O) groups is 1. The van der Waals surface area contributed by atoms with E-state index in [4.69, 9.17) is 16.3 Å². The number of hydrogen-bond donors (Lipinski definition) is 2. The molecule has 0 bridgehead atoms. The average molecular weight is 415 g/mol. The summed E-state index contributed by atoms with van der Waals surface area (Å²) in [4.78, 5) is 12.2. The zero-order valence-corrected chi connectivity index (χ0v) is 13.4. The van der Waals surface area contributed by atoms with Gasteiger partial charge in [0.05, 0.1) is 12.2 Å². The Kier molecular flexibility index (Phi) is 4.11. The molecule has 0 saturated carbocycles. The highest BCUT2D eigenvalue weighted by molar-refractivity contribution is 14.1. The first-order valence-electron chi connectivity index (χ1n) is 5.97. The number of hydrogen-bond acceptors (Lipinski definition) is 5. The Morgan fingerprint density at radius 3 is 3.05 bits per heavy atom. The van der Waals surface area contributed by atoms with Crippen molar-refractivity contribution in [3.8, 4) is 0 Å². The Bertz CT molecular complexity index is 731. The summed E-state index contributed by atoms with van der Waals surface area (Å²) in [6.07, 6.45) is 0. The van der Waals surface area contributed by atoms with E-state index >= 15 is 0 Å². The Labute approximate surface area is 139 Å². The van der Waals surface area contributed by atoms with E-state index < -0.39 is 7.12 Å². The molecule has 106 valence electrons. The smallest absolute Gasteiger partial charge is 0.423 e. The summed E-state index contributed by atoms with van der Waals surface area (Å²) >= 11 is 7.83. The highest BCUT2D eigenvalue weighted by Crippen LogP contribution is 2.18. The van der Waals surface area contributed by atoms with Crippen LogP contribution in [0.3, 0.4) is 0 Å². The van der Waals surface area contributed by atoms with Gasteiger partial charge in [-0.3, -0.25) is 4.79 Å². The molecule has 3 rings (SSSR count). The number of carbonyl (C=O) groups excluding carboxylic acids is 1. The van der Waals surface area contributed by atoms with Crippen LogP contribution in [0.4, 0.5) is 5.69 Å². The minimum absolute atomic E-state index is 0.0393. The molecular weight excluding hydrogens is 407 g/mol. The molecule has 21 heavy (non-hydrogen) atoms. The van der Waals surface area contributed by atoms with Crippen molar-refractivity contribution < 1.29 is 14.5 Å². The minimum Gasteiger partial charge on any atom is -0.423 e. The molecular formula is C12H8BClIN3O3. The molecule has 1 aliphatic heterocycles. The van der Waals surface area contributed by atoms with Crippen LogP contribution in [0.15, 0.2) is 24.3 Å². The van der Waals surface area contributed by atoms with Gasteiger partial charge in [-0.15, -0.1) is 10.2 Å². The third-order valence-corrected chi connectivity index (χ3v) is 3.84. The van der Waals surface area contributed by atoms with Crippen LogP contribution in [-0.4, -0.2) is 28.2 Å². The third-order valence-electron chi connectivity index (χ3n) is 3.03. The monoisotopic (exact) mass is 415 g/mol. The summed E-state index contributed by atoms with van der Waals surface area (Å²) in [5, 5.41) is 19.9. The van der Waals surface area contributed by atoms with Gasteiger partial charge < -0.3 is 15.0 Å². The summed E-state index contributed by atoms with van der Waals surface area (Å²) in [5.41, 5.74) is 2.35. The molecule has 1 amide bonds. The van der Waals surface area contributed by atoms with Gasteiger partial charge in [-0.05, 0) is 51.8 Å². The molecule has 9 heteroatoms. The molecule has 2 N–H and O–H groups in total. The number of amides is 1. The summed E-state index contributed by atoms with van der Waals surface area (Å²) in [5.74, 6) is -0.388. The second-order valence-electron chi connectivity index (χ2n) is 4.40. The molecule has 1 aromatic carbocycles. The predicted molar refractivity (Wildman–Crippen MR) is 86.5 cm³/mol. The molecule has 0 saturated heterocycles. The molecule has 2 heterocycles. The lowest BCUT2D eigenvalue weighted by Crippen LogP contribution is -2.28. The number of nitrogens with zero attached hydrogens (tertiary/aromatic N) is 2. The van der Waals surface area contributed by atoms with Gasteiger partial charge in [-0.25, -0.2) is 0 Å². The highest BCUT2D eigenvalue weighted by Gasteiger charge is 2.27. The van der Waals surface area contributed by atoms with Crippen LogP contribution in [-0.2, 0) is 11.3 Å². The first-order valence-corrected chi connectivity index (χ1v) is 7.43. The van der Waals surface area contributed by atoms with Gasteiger partial charge in [-0.1, -0.05) is 17.7 Å². The van der Waals surface area contributed by atoms with Crippen LogP contribution < -0.4 is 10.8 Å². The summed E-state index contributed by atoms with van der Waals surface area (Å²) < 4.78 is 5.67. The molecule has 0 radical (unpaired) electrons. The van der Waals surface area contributed by atoms with Gasteiger partial charge in [0, 0.05) is 5.69 Å². The van der Waals surface area contributed by atoms with Crippen molar-refractivity contribution in [1.82, 2.24) is 10.2 Å². The normalized spacial score (nSPS) is 13.2. The van der Waals surface area contributed by atoms with Crippen LogP contribution in [0.2, 0.25) is 5.15 Å². The maximum absolute atomic E-state index is 12.2. The maximum atomic E-state index is 12.2. The highest BCUT2D eigenvalue weighted by atomic mass is 127. The first kappa shape index (κ1) is 14.7. The van der Waals surface area contributed by atoms with Gasteiger partial charge in [0.15, 0.2) is 5.15 Å². The molecule has 1 aliphatic rings. The van der Waals surface area contributed by atoms with Crippen molar-refractivity contribution in [2.24, 2.45) is 0 Å². The van der Waals surface area contributed by atoms with Crippen molar-refractivity contribution in [2.75, 3.05) is 5.32 Å². The van der Waals surface area contributed by atoms with E-state index in [0.29, 0.717) is 21.5 Å². The standard InChI is InChI=1S/C12H8BClIN3O3/c14-11-8(4-10(15)17-18-11)12(19)16-7-2-1-6-5-21-13(20)9(6)3-7/h1-4,20H,5H2,(H,16,19). The quantitative estimate of drug-likeness (QED) is 0.569. The number of aromatic nitrogens is 2. The van der Waals surface area contributed by atoms with Crippen LogP contribution >= 0.6 is 34.2 Å². The van der Waals surface area contributed by atoms with E-state index in [2.05, 4.69) is 15.5 Å². The molecule has 0 aliphatic carbocycles. The van der Waals surface area contributed by atoms with Crippen molar-refractivity contribution in [3.63, 3.8) is 0 Å². The largest absolute Gasteiger partial charge is 0.491 e. The second-order valence-corrected chi connectivity index (χ2v) is 5.87. The van der Waals surface area contributed by atoms with Gasteiger partial charge >= 0.3 is 7.12 Å². The molecule has 1 aromatic heterocycles. The van der Waals surface area contributed by atoms with Gasteiger partial charge in [0.25, 0.3) is 5.91 Å². The fraction of sp³-hybridized carbons (Fsp3) is 0.0833. The number of nitrogens with one attached hydrogen (secondary N) is 1. The predicted octanol–water partition coefficient (Wildman–Crippen LogP) is 1.20. The molecule has 0 fully saturated rings. The molecule has 0 unspecified atom stereocenters. The van der Waals surface area contributed by atoms with E-state index in [1.54, 1.807) is 24.3 Å². The van der Waals surface area contributed by atoms with E-state index in [1.807, 2.05) is 22.6 Å². The first-order chi connectivity index (χ1) is 10.0. The number of fused-ring (bicyclic) bond motifs is 1. The molecule has 0 spiro atoms. The lowest BCUT2D eigenvalue weighted by Gasteiger charge is -2.08. The zero-order chi connectivity index (χ0) is 15.0. The minimum atomic E-state index is -0.955. The number of rotatable bonds is 2. The van der Waals surface area contributed by atoms with Crippen molar-refractivity contribution >= 4 is 58.4 Å². The Morgan fingerprint density at radius 1 is 1.43 bits per heavy atom. The lowest BCUT2D eigenvalue weighted by atomic mass is 9.79. The van der Waals surface area contributed by atoms with Crippen LogP contribution in [0, 0.1) is 3.70 Å². The van der Waals surface area contributed by atoms with E-state index in [-0.39, 0.29) is 16.6 Å². The Morgan fingerprint density at radius 2 is 2.24 bits per heavy atom. The van der Waals surface area contributed by atoms with Gasteiger partial charge in [-0.2, -0.15) is 0 Å². The van der Waals surface area contributed by atoms with Crippen molar-refractivity contribution in [1.29, 1.82) is 0 Å². The van der Waals surface area contributed by atoms with Gasteiger partial charge in [0.2, 0.25) is 0 Å². The fourth-order valence-corrected chi connectivity index (χ4v) is 2.60. The molecule has 6 nitrogen and oxygen atoms in total. The number of anilines is 1. The lowest BCUT2D eigenvalue weighted by molar-refractivity contribution is 0.102. The molecule has 2 aromatic rings. The van der Waals surface area contributed by atoms with E-state index in [1.165, 1.54) is 0 Å². The summed E-state index contributed by atoms with van der Waals surface area (Å²) in [6, 6.07) is 6.78. The summed E-state index contributed by atoms with van der Waals surface area (Å²) in [7, 11) is -0.955. The van der Waals surface area contributed by atoms with Crippen LogP contribution in [0.5, 0.6) is 0 Å². The fourth-order valence-electron chi connectivity index (χ4n) is 2.00. The number of halogens is 2. The second kappa shape index (κ2) is 5.88. The van der Waals surface area contributed by atoms with Crippen LogP contribution in [0.25, 0.3) is 0 Å². The SMILES string of the molecule is O=C(Nc1ccc2c(c1)B(O)OC2)c1cc(I)nnc1Cl. The average Bonchev–Trinajstić information content (AvgIpc) is 2.83. The number of benzene rings is 1. The van der Waals surface area contributed by atoms with Crippen LogP contribution in [0.1, 0.15) is 15.9 Å². The zero-order valence-electron chi connectivity index (χ0n) is 10.5. The molecule has 0 atom stereocenters. The van der Waals surface area contributed by atoms with Gasteiger partial charge in [0.1, 0.15) is 3.70 Å². The topological polar surface area (TPSA) is 84.3 Å².